The number of aromatic nitrogens is 2. The summed E-state index contributed by atoms with van der Waals surface area (Å²) in [6.45, 7) is 4.86. The lowest BCUT2D eigenvalue weighted by atomic mass is 10.3. The standard InChI is InChI=1S/C14H15BrClN3O/c1-9(2)17-8-11-4-6-14(19-18-11)20-13-5-3-10(16)7-12(13)15/h3-7,9,17H,8H2,1-2H3. The van der Waals surface area contributed by atoms with Gasteiger partial charge in [-0.3, -0.25) is 0 Å². The average molecular weight is 357 g/mol. The molecule has 0 amide bonds. The molecule has 0 aliphatic rings. The van der Waals surface area contributed by atoms with Gasteiger partial charge in [0.05, 0.1) is 10.2 Å². The minimum atomic E-state index is 0.415. The minimum Gasteiger partial charge on any atom is -0.436 e. The Labute approximate surface area is 131 Å². The number of benzene rings is 1. The van der Waals surface area contributed by atoms with Crippen LogP contribution in [-0.4, -0.2) is 16.2 Å². The predicted molar refractivity (Wildman–Crippen MR) is 83.2 cm³/mol. The second-order valence-electron chi connectivity index (χ2n) is 4.58. The molecule has 0 unspecified atom stereocenters. The van der Waals surface area contributed by atoms with E-state index in [0.717, 1.165) is 10.2 Å². The molecule has 0 aliphatic carbocycles. The van der Waals surface area contributed by atoms with Crippen LogP contribution in [-0.2, 0) is 6.54 Å². The molecular formula is C14H15BrClN3O. The Morgan fingerprint density at radius 1 is 1.25 bits per heavy atom. The molecular weight excluding hydrogens is 342 g/mol. The summed E-state index contributed by atoms with van der Waals surface area (Å²) in [6.07, 6.45) is 0. The normalized spacial score (nSPS) is 10.8. The first-order valence-corrected chi connectivity index (χ1v) is 7.40. The Bertz CT molecular complexity index is 575. The molecule has 1 aromatic heterocycles. The Kier molecular flexibility index (Phi) is 5.34. The third-order valence-corrected chi connectivity index (χ3v) is 3.35. The van der Waals surface area contributed by atoms with Crippen LogP contribution in [0.15, 0.2) is 34.8 Å². The molecule has 4 nitrogen and oxygen atoms in total. The number of nitrogens with zero attached hydrogens (tertiary/aromatic N) is 2. The van der Waals surface area contributed by atoms with E-state index in [9.17, 15) is 0 Å². The molecule has 0 aliphatic heterocycles. The maximum Gasteiger partial charge on any atom is 0.238 e. The molecule has 0 atom stereocenters. The zero-order valence-corrected chi connectivity index (χ0v) is 13.6. The van der Waals surface area contributed by atoms with E-state index in [2.05, 4.69) is 45.3 Å². The van der Waals surface area contributed by atoms with Crippen LogP contribution >= 0.6 is 27.5 Å². The molecule has 0 radical (unpaired) electrons. The van der Waals surface area contributed by atoms with Gasteiger partial charge >= 0.3 is 0 Å². The lowest BCUT2D eigenvalue weighted by molar-refractivity contribution is 0.450. The van der Waals surface area contributed by atoms with Crippen molar-refractivity contribution < 1.29 is 4.74 Å². The smallest absolute Gasteiger partial charge is 0.238 e. The Morgan fingerprint density at radius 3 is 2.65 bits per heavy atom. The van der Waals surface area contributed by atoms with Gasteiger partial charge in [-0.15, -0.1) is 5.10 Å². The molecule has 106 valence electrons. The highest BCUT2D eigenvalue weighted by Crippen LogP contribution is 2.30. The Hall–Kier alpha value is -1.17. The van der Waals surface area contributed by atoms with Gasteiger partial charge < -0.3 is 10.1 Å². The number of rotatable bonds is 5. The summed E-state index contributed by atoms with van der Waals surface area (Å²) in [7, 11) is 0. The highest BCUT2D eigenvalue weighted by atomic mass is 79.9. The van der Waals surface area contributed by atoms with E-state index in [0.29, 0.717) is 29.2 Å². The number of nitrogens with one attached hydrogen (secondary N) is 1. The monoisotopic (exact) mass is 355 g/mol. The van der Waals surface area contributed by atoms with Crippen LogP contribution in [0.1, 0.15) is 19.5 Å². The third kappa shape index (κ3) is 4.44. The number of ether oxygens (including phenoxy) is 1. The van der Waals surface area contributed by atoms with Gasteiger partial charge in [-0.1, -0.05) is 25.4 Å². The van der Waals surface area contributed by atoms with Crippen molar-refractivity contribution in [3.63, 3.8) is 0 Å². The van der Waals surface area contributed by atoms with Crippen LogP contribution in [0.3, 0.4) is 0 Å². The summed E-state index contributed by atoms with van der Waals surface area (Å²) in [5.41, 5.74) is 0.876. The summed E-state index contributed by atoms with van der Waals surface area (Å²) in [4.78, 5) is 0. The molecule has 0 bridgehead atoms. The molecule has 2 aromatic rings. The van der Waals surface area contributed by atoms with Crippen LogP contribution in [0.4, 0.5) is 0 Å². The van der Waals surface area contributed by atoms with E-state index in [1.807, 2.05) is 6.07 Å². The fourth-order valence-electron chi connectivity index (χ4n) is 1.48. The second kappa shape index (κ2) is 7.02. The zero-order chi connectivity index (χ0) is 14.5. The van der Waals surface area contributed by atoms with E-state index in [1.165, 1.54) is 0 Å². The van der Waals surface area contributed by atoms with Gasteiger partial charge in [-0.05, 0) is 40.2 Å². The van der Waals surface area contributed by atoms with Crippen molar-refractivity contribution in [3.05, 3.63) is 45.5 Å². The molecule has 6 heteroatoms. The van der Waals surface area contributed by atoms with Gasteiger partial charge in [0.1, 0.15) is 5.75 Å². The Morgan fingerprint density at radius 2 is 2.05 bits per heavy atom. The highest BCUT2D eigenvalue weighted by molar-refractivity contribution is 9.10. The number of halogens is 2. The van der Waals surface area contributed by atoms with Crippen LogP contribution in [0.25, 0.3) is 0 Å². The molecule has 2 rings (SSSR count). The topological polar surface area (TPSA) is 47.0 Å². The maximum atomic E-state index is 5.88. The predicted octanol–water partition coefficient (Wildman–Crippen LogP) is 4.18. The summed E-state index contributed by atoms with van der Waals surface area (Å²) >= 11 is 9.27. The first-order valence-electron chi connectivity index (χ1n) is 6.23. The van der Waals surface area contributed by atoms with Gasteiger partial charge in [0, 0.05) is 23.7 Å². The van der Waals surface area contributed by atoms with Crippen LogP contribution in [0.2, 0.25) is 5.02 Å². The van der Waals surface area contributed by atoms with Crippen molar-refractivity contribution in [2.75, 3.05) is 0 Å². The summed E-state index contributed by atoms with van der Waals surface area (Å²) in [5, 5.41) is 12.1. The van der Waals surface area contributed by atoms with E-state index in [4.69, 9.17) is 16.3 Å². The van der Waals surface area contributed by atoms with Crippen molar-refractivity contribution in [1.82, 2.24) is 15.5 Å². The van der Waals surface area contributed by atoms with Crippen molar-refractivity contribution in [2.45, 2.75) is 26.4 Å². The van der Waals surface area contributed by atoms with E-state index in [-0.39, 0.29) is 0 Å². The number of hydrogen-bond donors (Lipinski definition) is 1. The molecule has 20 heavy (non-hydrogen) atoms. The molecule has 1 heterocycles. The first kappa shape index (κ1) is 15.2. The van der Waals surface area contributed by atoms with E-state index >= 15 is 0 Å². The van der Waals surface area contributed by atoms with E-state index < -0.39 is 0 Å². The first-order chi connectivity index (χ1) is 9.54. The fourth-order valence-corrected chi connectivity index (χ4v) is 2.24. The minimum absolute atomic E-state index is 0.415. The lowest BCUT2D eigenvalue weighted by Crippen LogP contribution is -2.22. The summed E-state index contributed by atoms with van der Waals surface area (Å²) in [5.74, 6) is 1.10. The van der Waals surface area contributed by atoms with Crippen LogP contribution < -0.4 is 10.1 Å². The van der Waals surface area contributed by atoms with Gasteiger partial charge in [0.15, 0.2) is 0 Å². The largest absolute Gasteiger partial charge is 0.436 e. The van der Waals surface area contributed by atoms with E-state index in [1.54, 1.807) is 24.3 Å². The average Bonchev–Trinajstić information content (AvgIpc) is 2.41. The molecule has 0 saturated heterocycles. The SMILES string of the molecule is CC(C)NCc1ccc(Oc2ccc(Cl)cc2Br)nn1. The fraction of sp³-hybridized carbons (Fsp3) is 0.286. The molecule has 1 aromatic carbocycles. The maximum absolute atomic E-state index is 5.88. The van der Waals surface area contributed by atoms with Crippen molar-refractivity contribution in [1.29, 1.82) is 0 Å². The van der Waals surface area contributed by atoms with Crippen LogP contribution in [0, 0.1) is 0 Å². The van der Waals surface area contributed by atoms with Gasteiger partial charge in [0.25, 0.3) is 0 Å². The molecule has 0 saturated carbocycles. The van der Waals surface area contributed by atoms with Gasteiger partial charge in [-0.25, -0.2) is 0 Å². The second-order valence-corrected chi connectivity index (χ2v) is 5.87. The van der Waals surface area contributed by atoms with Gasteiger partial charge in [-0.2, -0.15) is 5.10 Å². The Balaban J connectivity index is 2.03. The zero-order valence-electron chi connectivity index (χ0n) is 11.2. The van der Waals surface area contributed by atoms with Crippen LogP contribution in [0.5, 0.6) is 11.6 Å². The van der Waals surface area contributed by atoms with Crippen molar-refractivity contribution in [2.24, 2.45) is 0 Å². The molecule has 0 fully saturated rings. The molecule has 1 N–H and O–H groups in total. The molecule has 0 spiro atoms. The lowest BCUT2D eigenvalue weighted by Gasteiger charge is -2.08. The summed E-state index contributed by atoms with van der Waals surface area (Å²) < 4.78 is 6.42. The highest BCUT2D eigenvalue weighted by Gasteiger charge is 2.05. The number of hydrogen-bond acceptors (Lipinski definition) is 4. The van der Waals surface area contributed by atoms with Gasteiger partial charge in [0.2, 0.25) is 5.88 Å². The quantitative estimate of drug-likeness (QED) is 0.873. The summed E-state index contributed by atoms with van der Waals surface area (Å²) in [6, 6.07) is 9.41. The third-order valence-electron chi connectivity index (χ3n) is 2.50. The van der Waals surface area contributed by atoms with Crippen molar-refractivity contribution in [3.8, 4) is 11.6 Å². The van der Waals surface area contributed by atoms with Crippen molar-refractivity contribution >= 4 is 27.5 Å².